The van der Waals surface area contributed by atoms with Gasteiger partial charge in [-0.05, 0) is 61.9 Å². The molecule has 0 saturated heterocycles. The molecule has 0 spiro atoms. The van der Waals surface area contributed by atoms with Gasteiger partial charge in [-0.3, -0.25) is 20.4 Å². The maximum Gasteiger partial charge on any atom is 0.269 e. The lowest BCUT2D eigenvalue weighted by Crippen LogP contribution is -2.41. The van der Waals surface area contributed by atoms with Crippen LogP contribution in [0, 0.1) is 5.82 Å². The van der Waals surface area contributed by atoms with E-state index in [0.29, 0.717) is 6.42 Å². The number of halogens is 1. The Labute approximate surface area is 157 Å². The molecule has 0 radical (unpaired) electrons. The number of hydrogen-bond acceptors (Lipinski definition) is 4. The van der Waals surface area contributed by atoms with E-state index in [9.17, 15) is 22.4 Å². The van der Waals surface area contributed by atoms with E-state index >= 15 is 0 Å². The molecule has 0 unspecified atom stereocenters. The largest absolute Gasteiger partial charge is 0.269 e. The zero-order valence-electron chi connectivity index (χ0n) is 14.8. The van der Waals surface area contributed by atoms with Crippen molar-refractivity contribution < 1.29 is 22.4 Å². The number of hydrazine groups is 1. The number of rotatable bonds is 6. The lowest BCUT2D eigenvalue weighted by atomic mass is 10.2. The van der Waals surface area contributed by atoms with Gasteiger partial charge >= 0.3 is 0 Å². The minimum absolute atomic E-state index is 0.0368. The van der Waals surface area contributed by atoms with Crippen molar-refractivity contribution in [3.05, 3.63) is 65.5 Å². The van der Waals surface area contributed by atoms with E-state index in [-0.39, 0.29) is 22.1 Å². The van der Waals surface area contributed by atoms with E-state index in [2.05, 4.69) is 15.6 Å². The first kappa shape index (κ1) is 20.5. The molecular formula is C18H20FN3O4S. The van der Waals surface area contributed by atoms with Gasteiger partial charge in [-0.2, -0.15) is 0 Å². The standard InChI is InChI=1S/C18H20FN3O4S/c1-3-12(2)22-27(25,26)16-10-6-14(7-11-16)18(24)21-20-17(23)13-4-8-15(19)9-5-13/h4-12,22H,3H2,1-2H3,(H,20,23)(H,21,24)/t12-/m1/s1. The summed E-state index contributed by atoms with van der Waals surface area (Å²) in [6.07, 6.45) is 0.646. The van der Waals surface area contributed by atoms with Crippen LogP contribution in [0.3, 0.4) is 0 Å². The highest BCUT2D eigenvalue weighted by molar-refractivity contribution is 7.89. The quantitative estimate of drug-likeness (QED) is 0.653. The van der Waals surface area contributed by atoms with Gasteiger partial charge < -0.3 is 0 Å². The van der Waals surface area contributed by atoms with Gasteiger partial charge in [0.25, 0.3) is 11.8 Å². The van der Waals surface area contributed by atoms with Gasteiger partial charge in [0.05, 0.1) is 4.90 Å². The summed E-state index contributed by atoms with van der Waals surface area (Å²) >= 11 is 0. The average molecular weight is 393 g/mol. The van der Waals surface area contributed by atoms with Gasteiger partial charge in [0.2, 0.25) is 10.0 Å². The Kier molecular flexibility index (Phi) is 6.65. The predicted octanol–water partition coefficient (Wildman–Crippen LogP) is 1.98. The minimum atomic E-state index is -3.66. The molecule has 0 aromatic heterocycles. The SMILES string of the molecule is CC[C@@H](C)NS(=O)(=O)c1ccc(C(=O)NNC(=O)c2ccc(F)cc2)cc1. The molecule has 144 valence electrons. The smallest absolute Gasteiger partial charge is 0.267 e. The Bertz CT molecular complexity index is 913. The van der Waals surface area contributed by atoms with Gasteiger partial charge in [0, 0.05) is 17.2 Å². The molecule has 0 aliphatic rings. The van der Waals surface area contributed by atoms with Gasteiger partial charge in [0.15, 0.2) is 0 Å². The summed E-state index contributed by atoms with van der Waals surface area (Å²) in [6, 6.07) is 9.89. The fraction of sp³-hybridized carbons (Fsp3) is 0.222. The fourth-order valence-corrected chi connectivity index (χ4v) is 3.39. The summed E-state index contributed by atoms with van der Waals surface area (Å²) in [5, 5.41) is 0. The Balaban J connectivity index is 1.99. The Morgan fingerprint density at radius 1 is 0.926 bits per heavy atom. The van der Waals surface area contributed by atoms with Crippen molar-refractivity contribution in [2.45, 2.75) is 31.2 Å². The number of benzene rings is 2. The number of sulfonamides is 1. The van der Waals surface area contributed by atoms with E-state index < -0.39 is 27.7 Å². The number of hydrogen-bond donors (Lipinski definition) is 3. The molecule has 0 bridgehead atoms. The molecule has 2 amide bonds. The highest BCUT2D eigenvalue weighted by Crippen LogP contribution is 2.11. The normalized spacial score (nSPS) is 12.3. The Morgan fingerprint density at radius 3 is 1.81 bits per heavy atom. The first-order valence-electron chi connectivity index (χ1n) is 8.21. The number of carbonyl (C=O) groups is 2. The van der Waals surface area contributed by atoms with Crippen molar-refractivity contribution in [2.24, 2.45) is 0 Å². The summed E-state index contributed by atoms with van der Waals surface area (Å²) in [6.45, 7) is 3.62. The Morgan fingerprint density at radius 2 is 1.37 bits per heavy atom. The molecule has 0 fully saturated rings. The van der Waals surface area contributed by atoms with Crippen LogP contribution in [0.2, 0.25) is 0 Å². The monoisotopic (exact) mass is 393 g/mol. The van der Waals surface area contributed by atoms with Crippen molar-refractivity contribution in [1.82, 2.24) is 15.6 Å². The molecule has 0 aliphatic carbocycles. The van der Waals surface area contributed by atoms with E-state index in [1.165, 1.54) is 36.4 Å². The van der Waals surface area contributed by atoms with Crippen LogP contribution in [0.15, 0.2) is 53.4 Å². The summed E-state index contributed by atoms with van der Waals surface area (Å²) in [7, 11) is -3.66. The molecule has 2 rings (SSSR count). The first-order valence-corrected chi connectivity index (χ1v) is 9.70. The van der Waals surface area contributed by atoms with Crippen LogP contribution in [0.5, 0.6) is 0 Å². The fourth-order valence-electron chi connectivity index (χ4n) is 2.06. The topological polar surface area (TPSA) is 104 Å². The summed E-state index contributed by atoms with van der Waals surface area (Å²) in [5.74, 6) is -1.71. The average Bonchev–Trinajstić information content (AvgIpc) is 2.66. The zero-order chi connectivity index (χ0) is 20.0. The van der Waals surface area contributed by atoms with Gasteiger partial charge in [-0.15, -0.1) is 0 Å². The van der Waals surface area contributed by atoms with E-state index in [1.807, 2.05) is 6.92 Å². The summed E-state index contributed by atoms with van der Waals surface area (Å²) in [5.41, 5.74) is 4.76. The third kappa shape index (κ3) is 5.60. The van der Waals surface area contributed by atoms with Gasteiger partial charge in [0.1, 0.15) is 5.82 Å². The first-order chi connectivity index (χ1) is 12.7. The van der Waals surface area contributed by atoms with Crippen LogP contribution in [0.1, 0.15) is 41.0 Å². The molecule has 0 saturated carbocycles. The molecule has 0 aliphatic heterocycles. The maximum atomic E-state index is 12.8. The van der Waals surface area contributed by atoms with Crippen LogP contribution in [-0.2, 0) is 10.0 Å². The molecule has 2 aromatic rings. The molecule has 1 atom stereocenters. The predicted molar refractivity (Wildman–Crippen MR) is 97.8 cm³/mol. The van der Waals surface area contributed by atoms with Crippen LogP contribution < -0.4 is 15.6 Å². The van der Waals surface area contributed by atoms with Gasteiger partial charge in [-0.1, -0.05) is 6.92 Å². The van der Waals surface area contributed by atoms with E-state index in [1.54, 1.807) is 6.92 Å². The lowest BCUT2D eigenvalue weighted by molar-refractivity contribution is 0.0846. The third-order valence-electron chi connectivity index (χ3n) is 3.79. The van der Waals surface area contributed by atoms with E-state index in [4.69, 9.17) is 0 Å². The molecule has 7 nitrogen and oxygen atoms in total. The zero-order valence-corrected chi connectivity index (χ0v) is 15.6. The maximum absolute atomic E-state index is 12.8. The van der Waals surface area contributed by atoms with Crippen molar-refractivity contribution >= 4 is 21.8 Å². The molecule has 9 heteroatoms. The van der Waals surface area contributed by atoms with Crippen LogP contribution in [0.4, 0.5) is 4.39 Å². The lowest BCUT2D eigenvalue weighted by Gasteiger charge is -2.12. The Hall–Kier alpha value is -2.78. The van der Waals surface area contributed by atoms with Crippen molar-refractivity contribution in [3.63, 3.8) is 0 Å². The number of amides is 2. The highest BCUT2D eigenvalue weighted by atomic mass is 32.2. The second-order valence-electron chi connectivity index (χ2n) is 5.87. The molecule has 3 N–H and O–H groups in total. The van der Waals surface area contributed by atoms with Crippen LogP contribution in [-0.4, -0.2) is 26.3 Å². The molecule has 0 heterocycles. The molecule has 27 heavy (non-hydrogen) atoms. The molecule has 2 aromatic carbocycles. The van der Waals surface area contributed by atoms with Crippen molar-refractivity contribution in [2.75, 3.05) is 0 Å². The minimum Gasteiger partial charge on any atom is -0.267 e. The second kappa shape index (κ2) is 8.74. The number of nitrogens with one attached hydrogen (secondary N) is 3. The van der Waals surface area contributed by atoms with Crippen molar-refractivity contribution in [1.29, 1.82) is 0 Å². The molecular weight excluding hydrogens is 373 g/mol. The van der Waals surface area contributed by atoms with Crippen LogP contribution in [0.25, 0.3) is 0 Å². The highest BCUT2D eigenvalue weighted by Gasteiger charge is 2.17. The summed E-state index contributed by atoms with van der Waals surface area (Å²) in [4.78, 5) is 24.0. The van der Waals surface area contributed by atoms with E-state index in [0.717, 1.165) is 12.1 Å². The second-order valence-corrected chi connectivity index (χ2v) is 7.58. The van der Waals surface area contributed by atoms with Gasteiger partial charge in [-0.25, -0.2) is 17.5 Å². The summed E-state index contributed by atoms with van der Waals surface area (Å²) < 4.78 is 39.7. The van der Waals surface area contributed by atoms with Crippen LogP contribution >= 0.6 is 0 Å². The van der Waals surface area contributed by atoms with Crippen molar-refractivity contribution in [3.8, 4) is 0 Å². The number of carbonyl (C=O) groups excluding carboxylic acids is 2. The third-order valence-corrected chi connectivity index (χ3v) is 5.40.